The summed E-state index contributed by atoms with van der Waals surface area (Å²) in [7, 11) is 0. The summed E-state index contributed by atoms with van der Waals surface area (Å²) in [5.74, 6) is 0. The average Bonchev–Trinajstić information content (AvgIpc) is 2.32. The Hall–Kier alpha value is -1.29. The minimum absolute atomic E-state index is 0.0970. The smallest absolute Gasteiger partial charge is 0.276 e. The van der Waals surface area contributed by atoms with Crippen molar-refractivity contribution in [1.29, 1.82) is 0 Å². The largest absolute Gasteiger partial charge is 0.416 e. The number of carbonyl (C=O) groups excluding carboxylic acids is 1. The third-order valence-corrected chi connectivity index (χ3v) is 3.13. The molecule has 1 rings (SSSR count). The van der Waals surface area contributed by atoms with Crippen LogP contribution in [0.25, 0.3) is 0 Å². The second-order valence-corrected chi connectivity index (χ2v) is 4.90. The molecule has 0 fully saturated rings. The van der Waals surface area contributed by atoms with Crippen LogP contribution in [0, 0.1) is 6.92 Å². The van der Waals surface area contributed by atoms with Gasteiger partial charge in [0.05, 0.1) is 5.56 Å². The number of aryl methyl sites for hydroxylation is 1. The van der Waals surface area contributed by atoms with Crippen LogP contribution in [0.4, 0.5) is 13.2 Å². The highest BCUT2D eigenvalue weighted by atomic mass is 35.5. The molecular weight excluding hydrogens is 289 g/mol. The second kappa shape index (κ2) is 6.93. The van der Waals surface area contributed by atoms with Gasteiger partial charge >= 0.3 is 6.18 Å². The van der Waals surface area contributed by atoms with Crippen LogP contribution in [0.15, 0.2) is 24.3 Å². The lowest BCUT2D eigenvalue weighted by Gasteiger charge is -2.14. The molecule has 0 bridgehead atoms. The minimum atomic E-state index is -4.50. The molecule has 0 aliphatic carbocycles. The van der Waals surface area contributed by atoms with Crippen molar-refractivity contribution in [3.8, 4) is 0 Å². The molecule has 0 aliphatic rings. The first kappa shape index (κ1) is 16.8. The number of carbonyl (C=O) groups is 1. The summed E-state index contributed by atoms with van der Waals surface area (Å²) in [6.45, 7) is 3.57. The predicted octanol–water partition coefficient (Wildman–Crippen LogP) is 5.29. The molecule has 5 heteroatoms. The molecule has 110 valence electrons. The van der Waals surface area contributed by atoms with Crippen LogP contribution >= 0.6 is 11.6 Å². The van der Waals surface area contributed by atoms with Crippen molar-refractivity contribution in [2.24, 2.45) is 0 Å². The van der Waals surface area contributed by atoms with Gasteiger partial charge in [0.1, 0.15) is 0 Å². The maximum absolute atomic E-state index is 13.0. The fraction of sp³-hybridized carbons (Fsp3) is 0.400. The molecule has 0 N–H and O–H groups in total. The average molecular weight is 305 g/mol. The monoisotopic (exact) mass is 304 g/mol. The fourth-order valence-electron chi connectivity index (χ4n) is 1.91. The van der Waals surface area contributed by atoms with Crippen molar-refractivity contribution < 1.29 is 18.0 Å². The van der Waals surface area contributed by atoms with E-state index in [2.05, 4.69) is 0 Å². The number of hydrogen-bond acceptors (Lipinski definition) is 1. The zero-order chi connectivity index (χ0) is 15.3. The van der Waals surface area contributed by atoms with Crippen LogP contribution in [-0.4, -0.2) is 5.24 Å². The van der Waals surface area contributed by atoms with Gasteiger partial charge in [-0.3, -0.25) is 4.79 Å². The molecule has 1 aromatic carbocycles. The third-order valence-electron chi connectivity index (χ3n) is 2.93. The van der Waals surface area contributed by atoms with E-state index < -0.39 is 17.0 Å². The summed E-state index contributed by atoms with van der Waals surface area (Å²) in [5.41, 5.74) is -0.283. The number of allylic oxidation sites excluding steroid dienone is 2. The Morgan fingerprint density at radius 2 is 1.95 bits per heavy atom. The van der Waals surface area contributed by atoms with Gasteiger partial charge in [-0.1, -0.05) is 31.6 Å². The quantitative estimate of drug-likeness (QED) is 0.533. The van der Waals surface area contributed by atoms with Crippen molar-refractivity contribution in [3.05, 3.63) is 46.5 Å². The Bertz CT molecular complexity index is 519. The molecule has 0 spiro atoms. The SMILES string of the molecule is CCCC=CCc1cc(C)c(C(=O)Cl)cc1C(F)(F)F. The number of alkyl halides is 3. The zero-order valence-electron chi connectivity index (χ0n) is 11.4. The van der Waals surface area contributed by atoms with Gasteiger partial charge < -0.3 is 0 Å². The highest BCUT2D eigenvalue weighted by molar-refractivity contribution is 6.67. The minimum Gasteiger partial charge on any atom is -0.276 e. The molecular formula is C15H16ClF3O. The van der Waals surface area contributed by atoms with Crippen molar-refractivity contribution in [1.82, 2.24) is 0 Å². The molecule has 0 aliphatic heterocycles. The summed E-state index contributed by atoms with van der Waals surface area (Å²) < 4.78 is 39.1. The maximum Gasteiger partial charge on any atom is 0.416 e. The van der Waals surface area contributed by atoms with Gasteiger partial charge in [-0.2, -0.15) is 13.2 Å². The third kappa shape index (κ3) is 4.37. The van der Waals surface area contributed by atoms with Gasteiger partial charge in [0, 0.05) is 5.56 Å². The van der Waals surface area contributed by atoms with Gasteiger partial charge in [-0.05, 0) is 48.6 Å². The van der Waals surface area contributed by atoms with Crippen molar-refractivity contribution in [2.45, 2.75) is 39.3 Å². The fourth-order valence-corrected chi connectivity index (χ4v) is 2.11. The van der Waals surface area contributed by atoms with Crippen molar-refractivity contribution in [2.75, 3.05) is 0 Å². The van der Waals surface area contributed by atoms with Crippen molar-refractivity contribution >= 4 is 16.8 Å². The van der Waals surface area contributed by atoms with Gasteiger partial charge in [-0.15, -0.1) is 0 Å². The molecule has 0 amide bonds. The normalized spacial score (nSPS) is 12.1. The first-order valence-electron chi connectivity index (χ1n) is 6.33. The van der Waals surface area contributed by atoms with Crippen LogP contribution in [0.2, 0.25) is 0 Å². The van der Waals surface area contributed by atoms with E-state index in [0.29, 0.717) is 5.56 Å². The molecule has 0 unspecified atom stereocenters. The summed E-state index contributed by atoms with van der Waals surface area (Å²) in [5, 5.41) is -0.874. The van der Waals surface area contributed by atoms with E-state index in [0.717, 1.165) is 18.9 Å². The van der Waals surface area contributed by atoms with Crippen LogP contribution in [0.1, 0.15) is 46.8 Å². The Labute approximate surface area is 121 Å². The van der Waals surface area contributed by atoms with E-state index in [9.17, 15) is 18.0 Å². The van der Waals surface area contributed by atoms with Gasteiger partial charge in [0.2, 0.25) is 0 Å². The summed E-state index contributed by atoms with van der Waals surface area (Å²) in [4.78, 5) is 11.1. The standard InChI is InChI=1S/C15H16ClF3O/c1-3-4-5-6-7-11-8-10(2)12(14(16)20)9-13(11)15(17,18)19/h5-6,8-9H,3-4,7H2,1-2H3. The van der Waals surface area contributed by atoms with E-state index in [1.807, 2.05) is 13.0 Å². The highest BCUT2D eigenvalue weighted by Crippen LogP contribution is 2.34. The second-order valence-electron chi connectivity index (χ2n) is 4.56. The van der Waals surface area contributed by atoms with Crippen molar-refractivity contribution in [3.63, 3.8) is 0 Å². The van der Waals surface area contributed by atoms with Crippen LogP contribution in [0.3, 0.4) is 0 Å². The van der Waals surface area contributed by atoms with Gasteiger partial charge in [0.15, 0.2) is 0 Å². The van der Waals surface area contributed by atoms with E-state index >= 15 is 0 Å². The van der Waals surface area contributed by atoms with Crippen LogP contribution in [-0.2, 0) is 12.6 Å². The Balaban J connectivity index is 3.21. The number of hydrogen-bond donors (Lipinski definition) is 0. The molecule has 1 aromatic rings. The molecule has 0 saturated carbocycles. The Kier molecular flexibility index (Phi) is 5.81. The zero-order valence-corrected chi connectivity index (χ0v) is 12.1. The van der Waals surface area contributed by atoms with Crippen LogP contribution < -0.4 is 0 Å². The molecule has 20 heavy (non-hydrogen) atoms. The number of rotatable bonds is 5. The first-order chi connectivity index (χ1) is 9.27. The molecule has 0 aromatic heterocycles. The maximum atomic E-state index is 13.0. The lowest BCUT2D eigenvalue weighted by atomic mass is 9.97. The number of unbranched alkanes of at least 4 members (excludes halogenated alkanes) is 1. The van der Waals surface area contributed by atoms with E-state index in [1.165, 1.54) is 6.07 Å². The summed E-state index contributed by atoms with van der Waals surface area (Å²) in [6.07, 6.45) is 1.04. The molecule has 0 radical (unpaired) electrons. The molecule has 1 nitrogen and oxygen atoms in total. The van der Waals surface area contributed by atoms with E-state index in [1.54, 1.807) is 13.0 Å². The molecule has 0 atom stereocenters. The summed E-state index contributed by atoms with van der Waals surface area (Å²) in [6, 6.07) is 2.22. The van der Waals surface area contributed by atoms with E-state index in [4.69, 9.17) is 11.6 Å². The predicted molar refractivity (Wildman–Crippen MR) is 74.1 cm³/mol. The van der Waals surface area contributed by atoms with Gasteiger partial charge in [-0.25, -0.2) is 0 Å². The topological polar surface area (TPSA) is 17.1 Å². The molecule has 0 heterocycles. The van der Waals surface area contributed by atoms with E-state index in [-0.39, 0.29) is 17.5 Å². The first-order valence-corrected chi connectivity index (χ1v) is 6.70. The van der Waals surface area contributed by atoms with Gasteiger partial charge in [0.25, 0.3) is 5.24 Å². The summed E-state index contributed by atoms with van der Waals surface area (Å²) >= 11 is 5.31. The number of benzene rings is 1. The highest BCUT2D eigenvalue weighted by Gasteiger charge is 2.34. The Morgan fingerprint density at radius 3 is 2.45 bits per heavy atom. The number of halogens is 4. The molecule has 0 saturated heterocycles. The van der Waals surface area contributed by atoms with Crippen LogP contribution in [0.5, 0.6) is 0 Å². The lowest BCUT2D eigenvalue weighted by Crippen LogP contribution is -2.11. The Morgan fingerprint density at radius 1 is 1.30 bits per heavy atom. The lowest BCUT2D eigenvalue weighted by molar-refractivity contribution is -0.138.